The molecule has 0 unspecified atom stereocenters. The molecule has 1 amide bonds. The quantitative estimate of drug-likeness (QED) is 0.349. The smallest absolute Gasteiger partial charge is 0.262 e. The Labute approximate surface area is 179 Å². The number of rotatable bonds is 6. The van der Waals surface area contributed by atoms with Crippen LogP contribution in [0.25, 0.3) is 10.9 Å². The lowest BCUT2D eigenvalue weighted by atomic mass is 10.2. The number of nitrogens with zero attached hydrogens (tertiary/aromatic N) is 2. The zero-order valence-electron chi connectivity index (χ0n) is 15.5. The van der Waals surface area contributed by atoms with E-state index in [4.69, 9.17) is 16.0 Å². The Hall–Kier alpha value is -3.10. The summed E-state index contributed by atoms with van der Waals surface area (Å²) in [5.74, 6) is -0.305. The maximum Gasteiger partial charge on any atom is 0.262 e. The first-order valence-electron chi connectivity index (χ1n) is 8.91. The van der Waals surface area contributed by atoms with E-state index in [1.165, 1.54) is 29.0 Å². The second-order valence-corrected chi connectivity index (χ2v) is 7.70. The summed E-state index contributed by atoms with van der Waals surface area (Å²) < 4.78 is 20.1. The van der Waals surface area contributed by atoms with Crippen LogP contribution in [0.15, 0.2) is 75.2 Å². The Morgan fingerprint density at radius 2 is 2.03 bits per heavy atom. The van der Waals surface area contributed by atoms with Gasteiger partial charge in [0.2, 0.25) is 5.91 Å². The molecule has 6 nitrogen and oxygen atoms in total. The van der Waals surface area contributed by atoms with E-state index in [1.807, 2.05) is 0 Å². The maximum absolute atomic E-state index is 13.3. The molecule has 0 atom stereocenters. The summed E-state index contributed by atoms with van der Waals surface area (Å²) in [7, 11) is 0. The zero-order valence-corrected chi connectivity index (χ0v) is 17.0. The number of carbonyl (C=O) groups is 1. The van der Waals surface area contributed by atoms with Gasteiger partial charge in [-0.1, -0.05) is 35.5 Å². The van der Waals surface area contributed by atoms with E-state index in [1.54, 1.807) is 36.4 Å². The van der Waals surface area contributed by atoms with E-state index in [2.05, 4.69) is 10.3 Å². The van der Waals surface area contributed by atoms with Crippen molar-refractivity contribution in [3.8, 4) is 0 Å². The SMILES string of the molecule is O=C(CSc1nc2ccccc2c(=O)n1Cc1ccco1)Nc1ccc(F)c(Cl)c1. The fourth-order valence-corrected chi connectivity index (χ4v) is 3.84. The number of hydrogen-bond donors (Lipinski definition) is 1. The van der Waals surface area contributed by atoms with Crippen LogP contribution in [0.2, 0.25) is 5.02 Å². The Morgan fingerprint density at radius 1 is 1.20 bits per heavy atom. The molecule has 0 spiro atoms. The molecule has 0 radical (unpaired) electrons. The number of para-hydroxylation sites is 1. The molecule has 4 rings (SSSR count). The molecule has 1 N–H and O–H groups in total. The van der Waals surface area contributed by atoms with Crippen LogP contribution in [-0.2, 0) is 11.3 Å². The highest BCUT2D eigenvalue weighted by molar-refractivity contribution is 7.99. The number of carbonyl (C=O) groups excluding carboxylic acids is 1. The van der Waals surface area contributed by atoms with Gasteiger partial charge in [-0.3, -0.25) is 14.2 Å². The first-order chi connectivity index (χ1) is 14.5. The molecule has 2 aromatic carbocycles. The molecule has 4 aromatic rings. The van der Waals surface area contributed by atoms with Crippen LogP contribution in [0.5, 0.6) is 0 Å². The molecule has 0 saturated heterocycles. The number of amides is 1. The van der Waals surface area contributed by atoms with Crippen LogP contribution in [0, 0.1) is 5.82 Å². The van der Waals surface area contributed by atoms with Crippen LogP contribution >= 0.6 is 23.4 Å². The number of nitrogens with one attached hydrogen (secondary N) is 1. The Bertz CT molecular complexity index is 1270. The minimum absolute atomic E-state index is 0.00205. The van der Waals surface area contributed by atoms with Gasteiger partial charge < -0.3 is 9.73 Å². The Balaban J connectivity index is 1.58. The number of furan rings is 1. The van der Waals surface area contributed by atoms with Crippen molar-refractivity contribution < 1.29 is 13.6 Å². The van der Waals surface area contributed by atoms with Crippen LogP contribution in [-0.4, -0.2) is 21.2 Å². The number of thioether (sulfide) groups is 1. The Kier molecular flexibility index (Phi) is 5.87. The number of aromatic nitrogens is 2. The van der Waals surface area contributed by atoms with Crippen molar-refractivity contribution in [1.82, 2.24) is 9.55 Å². The molecule has 0 bridgehead atoms. The van der Waals surface area contributed by atoms with Gasteiger partial charge in [0.15, 0.2) is 5.16 Å². The van der Waals surface area contributed by atoms with Crippen molar-refractivity contribution in [2.45, 2.75) is 11.7 Å². The van der Waals surface area contributed by atoms with Crippen molar-refractivity contribution in [2.75, 3.05) is 11.1 Å². The molecule has 2 aromatic heterocycles. The van der Waals surface area contributed by atoms with Crippen LogP contribution in [0.3, 0.4) is 0 Å². The summed E-state index contributed by atoms with van der Waals surface area (Å²) in [5, 5.41) is 3.45. The van der Waals surface area contributed by atoms with Crippen LogP contribution < -0.4 is 10.9 Å². The fraction of sp³-hybridized carbons (Fsp3) is 0.0952. The van der Waals surface area contributed by atoms with Gasteiger partial charge in [-0.2, -0.15) is 0 Å². The number of benzene rings is 2. The largest absolute Gasteiger partial charge is 0.467 e. The average Bonchev–Trinajstić information content (AvgIpc) is 3.25. The van der Waals surface area contributed by atoms with E-state index >= 15 is 0 Å². The predicted molar refractivity (Wildman–Crippen MR) is 115 cm³/mol. The van der Waals surface area contributed by atoms with E-state index < -0.39 is 5.82 Å². The summed E-state index contributed by atoms with van der Waals surface area (Å²) >= 11 is 6.87. The third-order valence-corrected chi connectivity index (χ3v) is 5.52. The van der Waals surface area contributed by atoms with Gasteiger partial charge in [0.25, 0.3) is 5.56 Å². The Morgan fingerprint density at radius 3 is 2.80 bits per heavy atom. The first-order valence-corrected chi connectivity index (χ1v) is 10.3. The van der Waals surface area contributed by atoms with Crippen molar-refractivity contribution in [3.05, 3.63) is 87.8 Å². The molecular formula is C21H15ClFN3O3S. The fourth-order valence-electron chi connectivity index (χ4n) is 2.86. The van der Waals surface area contributed by atoms with E-state index in [-0.39, 0.29) is 28.8 Å². The van der Waals surface area contributed by atoms with Gasteiger partial charge in [0.05, 0.1) is 34.5 Å². The lowest BCUT2D eigenvalue weighted by molar-refractivity contribution is -0.113. The molecule has 2 heterocycles. The summed E-state index contributed by atoms with van der Waals surface area (Å²) in [6, 6.07) is 14.5. The molecule has 152 valence electrons. The third-order valence-electron chi connectivity index (χ3n) is 4.26. The minimum atomic E-state index is -0.564. The normalized spacial score (nSPS) is 11.0. The number of halogens is 2. The maximum atomic E-state index is 13.3. The molecule has 0 aliphatic heterocycles. The molecule has 0 aliphatic rings. The van der Waals surface area contributed by atoms with Crippen molar-refractivity contribution in [2.24, 2.45) is 0 Å². The van der Waals surface area contributed by atoms with E-state index in [0.29, 0.717) is 27.5 Å². The van der Waals surface area contributed by atoms with Gasteiger partial charge >= 0.3 is 0 Å². The lowest BCUT2D eigenvalue weighted by Gasteiger charge is -2.12. The highest BCUT2D eigenvalue weighted by atomic mass is 35.5. The minimum Gasteiger partial charge on any atom is -0.467 e. The number of fused-ring (bicyclic) bond motifs is 1. The molecule has 30 heavy (non-hydrogen) atoms. The van der Waals surface area contributed by atoms with E-state index in [9.17, 15) is 14.0 Å². The van der Waals surface area contributed by atoms with Crippen LogP contribution in [0.4, 0.5) is 10.1 Å². The summed E-state index contributed by atoms with van der Waals surface area (Å²) in [4.78, 5) is 29.9. The molecule has 0 fully saturated rings. The van der Waals surface area contributed by atoms with Crippen molar-refractivity contribution in [1.29, 1.82) is 0 Å². The standard InChI is InChI=1S/C21H15ClFN3O3S/c22-16-10-13(7-8-17(16)23)24-19(27)12-30-21-25-18-6-2-1-5-15(18)20(28)26(21)11-14-4-3-9-29-14/h1-10H,11-12H2,(H,24,27). The van der Waals surface area contributed by atoms with Crippen LogP contribution in [0.1, 0.15) is 5.76 Å². The molecule has 9 heteroatoms. The topological polar surface area (TPSA) is 77.1 Å². The average molecular weight is 444 g/mol. The van der Waals surface area contributed by atoms with Crippen molar-refractivity contribution in [3.63, 3.8) is 0 Å². The second kappa shape index (κ2) is 8.73. The lowest BCUT2D eigenvalue weighted by Crippen LogP contribution is -2.24. The third kappa shape index (κ3) is 4.39. The molecule has 0 saturated carbocycles. The molecule has 0 aliphatic carbocycles. The highest BCUT2D eigenvalue weighted by Gasteiger charge is 2.15. The number of hydrogen-bond acceptors (Lipinski definition) is 5. The van der Waals surface area contributed by atoms with Crippen molar-refractivity contribution >= 4 is 45.9 Å². The highest BCUT2D eigenvalue weighted by Crippen LogP contribution is 2.22. The number of anilines is 1. The zero-order chi connectivity index (χ0) is 21.1. The first kappa shape index (κ1) is 20.2. The van der Waals surface area contributed by atoms with Gasteiger partial charge in [-0.15, -0.1) is 0 Å². The summed E-state index contributed by atoms with van der Waals surface area (Å²) in [6.45, 7) is 0.196. The molecular weight excluding hydrogens is 429 g/mol. The monoisotopic (exact) mass is 443 g/mol. The second-order valence-electron chi connectivity index (χ2n) is 6.35. The van der Waals surface area contributed by atoms with Gasteiger partial charge in [0, 0.05) is 5.69 Å². The summed E-state index contributed by atoms with van der Waals surface area (Å²) in [6.07, 6.45) is 1.53. The van der Waals surface area contributed by atoms with E-state index in [0.717, 1.165) is 11.8 Å². The van der Waals surface area contributed by atoms with Gasteiger partial charge in [0.1, 0.15) is 11.6 Å². The van der Waals surface area contributed by atoms with Gasteiger partial charge in [-0.05, 0) is 42.5 Å². The van der Waals surface area contributed by atoms with Gasteiger partial charge in [-0.25, -0.2) is 9.37 Å². The summed E-state index contributed by atoms with van der Waals surface area (Å²) in [5.41, 5.74) is 0.711. The predicted octanol–water partition coefficient (Wildman–Crippen LogP) is 4.56.